The van der Waals surface area contributed by atoms with Crippen LogP contribution < -0.4 is 10.1 Å². The van der Waals surface area contributed by atoms with E-state index >= 15 is 0 Å². The third-order valence-electron chi connectivity index (χ3n) is 8.22. The van der Waals surface area contributed by atoms with E-state index in [1.54, 1.807) is 14.2 Å². The van der Waals surface area contributed by atoms with Crippen molar-refractivity contribution in [3.63, 3.8) is 0 Å². The van der Waals surface area contributed by atoms with Gasteiger partial charge in [-0.15, -0.1) is 0 Å². The Hall–Kier alpha value is -2.16. The second-order valence-corrected chi connectivity index (χ2v) is 11.3. The summed E-state index contributed by atoms with van der Waals surface area (Å²) >= 11 is 0. The SMILES string of the molecule is COCCCOc1cc(C(=O)N(C[C@@H]2CNC[C@H]2CN(C)C(=O)[C@H]2CC[C@@H](OC)CC2)C(C)C)ccc1C. The number of carbonyl (C=O) groups excluding carboxylic acids is 2. The number of rotatable bonds is 13. The molecule has 8 nitrogen and oxygen atoms in total. The summed E-state index contributed by atoms with van der Waals surface area (Å²) in [6, 6.07) is 5.78. The molecule has 3 rings (SSSR count). The predicted octanol–water partition coefficient (Wildman–Crippen LogP) is 3.76. The first kappa shape index (κ1) is 30.4. The quantitative estimate of drug-likeness (QED) is 0.391. The van der Waals surface area contributed by atoms with Crippen LogP contribution in [0.4, 0.5) is 0 Å². The maximum absolute atomic E-state index is 13.7. The van der Waals surface area contributed by atoms with Crippen LogP contribution >= 0.6 is 0 Å². The molecule has 1 aliphatic heterocycles. The Bertz CT molecular complexity index is 900. The summed E-state index contributed by atoms with van der Waals surface area (Å²) < 4.78 is 16.5. The first-order chi connectivity index (χ1) is 18.2. The van der Waals surface area contributed by atoms with Crippen LogP contribution in [-0.2, 0) is 14.3 Å². The van der Waals surface area contributed by atoms with Gasteiger partial charge in [-0.1, -0.05) is 6.07 Å². The average molecular weight is 532 g/mol. The lowest BCUT2D eigenvalue weighted by molar-refractivity contribution is -0.136. The Morgan fingerprint density at radius 3 is 2.34 bits per heavy atom. The zero-order valence-corrected chi connectivity index (χ0v) is 24.3. The van der Waals surface area contributed by atoms with Gasteiger partial charge in [0.2, 0.25) is 5.91 Å². The van der Waals surface area contributed by atoms with Gasteiger partial charge in [-0.05, 0) is 76.0 Å². The normalized spacial score (nSPS) is 23.4. The molecule has 8 heteroatoms. The Labute approximate surface area is 229 Å². The van der Waals surface area contributed by atoms with Crippen molar-refractivity contribution in [2.24, 2.45) is 17.8 Å². The molecule has 2 fully saturated rings. The molecule has 38 heavy (non-hydrogen) atoms. The van der Waals surface area contributed by atoms with Crippen LogP contribution in [-0.4, -0.2) is 94.4 Å². The van der Waals surface area contributed by atoms with Crippen molar-refractivity contribution in [1.82, 2.24) is 15.1 Å². The molecule has 0 aromatic heterocycles. The van der Waals surface area contributed by atoms with Crippen LogP contribution in [0.2, 0.25) is 0 Å². The van der Waals surface area contributed by atoms with Crippen LogP contribution in [0.5, 0.6) is 5.75 Å². The van der Waals surface area contributed by atoms with Gasteiger partial charge in [0.1, 0.15) is 5.75 Å². The highest BCUT2D eigenvalue weighted by molar-refractivity contribution is 5.95. The topological polar surface area (TPSA) is 80.3 Å². The van der Waals surface area contributed by atoms with Gasteiger partial charge in [0.25, 0.3) is 5.91 Å². The first-order valence-corrected chi connectivity index (χ1v) is 14.3. The van der Waals surface area contributed by atoms with Crippen LogP contribution in [0.25, 0.3) is 0 Å². The fraction of sp³-hybridized carbons (Fsp3) is 0.733. The molecule has 1 saturated carbocycles. The van der Waals surface area contributed by atoms with Crippen molar-refractivity contribution in [2.75, 3.05) is 60.7 Å². The molecule has 0 bridgehead atoms. The Morgan fingerprint density at radius 1 is 1.03 bits per heavy atom. The highest BCUT2D eigenvalue weighted by Gasteiger charge is 2.35. The number of carbonyl (C=O) groups is 2. The van der Waals surface area contributed by atoms with Crippen molar-refractivity contribution < 1.29 is 23.8 Å². The zero-order chi connectivity index (χ0) is 27.7. The van der Waals surface area contributed by atoms with Crippen molar-refractivity contribution in [1.29, 1.82) is 0 Å². The summed E-state index contributed by atoms with van der Waals surface area (Å²) in [5.74, 6) is 1.71. The summed E-state index contributed by atoms with van der Waals surface area (Å²) in [5.41, 5.74) is 1.66. The summed E-state index contributed by atoms with van der Waals surface area (Å²) in [6.45, 7) is 10.4. The molecule has 1 heterocycles. The third-order valence-corrected chi connectivity index (χ3v) is 8.22. The number of amides is 2. The van der Waals surface area contributed by atoms with E-state index in [-0.39, 0.29) is 29.7 Å². The molecule has 1 aromatic carbocycles. The first-order valence-electron chi connectivity index (χ1n) is 14.3. The van der Waals surface area contributed by atoms with Gasteiger partial charge >= 0.3 is 0 Å². The van der Waals surface area contributed by atoms with Gasteiger partial charge < -0.3 is 29.3 Å². The van der Waals surface area contributed by atoms with Crippen LogP contribution in [0, 0.1) is 24.7 Å². The number of benzene rings is 1. The monoisotopic (exact) mass is 531 g/mol. The van der Waals surface area contributed by atoms with E-state index < -0.39 is 0 Å². The second kappa shape index (κ2) is 14.8. The lowest BCUT2D eigenvalue weighted by Gasteiger charge is -2.34. The third kappa shape index (κ3) is 8.17. The lowest BCUT2D eigenvalue weighted by Crippen LogP contribution is -2.44. The number of nitrogens with zero attached hydrogens (tertiary/aromatic N) is 2. The molecule has 0 radical (unpaired) electrons. The number of ether oxygens (including phenoxy) is 3. The molecule has 0 spiro atoms. The summed E-state index contributed by atoms with van der Waals surface area (Å²) in [4.78, 5) is 30.7. The molecule has 1 aromatic rings. The summed E-state index contributed by atoms with van der Waals surface area (Å²) in [7, 11) is 5.37. The smallest absolute Gasteiger partial charge is 0.254 e. The second-order valence-electron chi connectivity index (χ2n) is 11.3. The van der Waals surface area contributed by atoms with Crippen molar-refractivity contribution in [2.45, 2.75) is 65.0 Å². The van der Waals surface area contributed by atoms with E-state index in [1.807, 2.05) is 42.0 Å². The van der Waals surface area contributed by atoms with E-state index in [1.165, 1.54) is 0 Å². The van der Waals surface area contributed by atoms with E-state index in [0.717, 1.165) is 56.5 Å². The molecule has 1 N–H and O–H groups in total. The number of hydrogen-bond donors (Lipinski definition) is 1. The Balaban J connectivity index is 1.61. The summed E-state index contributed by atoms with van der Waals surface area (Å²) in [5, 5.41) is 3.51. The van der Waals surface area contributed by atoms with Crippen molar-refractivity contribution in [3.05, 3.63) is 29.3 Å². The molecule has 2 amide bonds. The number of nitrogens with one attached hydrogen (secondary N) is 1. The minimum absolute atomic E-state index is 0.0201. The maximum Gasteiger partial charge on any atom is 0.254 e. The van der Waals surface area contributed by atoms with E-state index in [4.69, 9.17) is 14.2 Å². The predicted molar refractivity (Wildman–Crippen MR) is 150 cm³/mol. The molecule has 0 unspecified atom stereocenters. The number of methoxy groups -OCH3 is 2. The Kier molecular flexibility index (Phi) is 11.9. The van der Waals surface area contributed by atoms with Gasteiger partial charge in [0.15, 0.2) is 0 Å². The fourth-order valence-corrected chi connectivity index (χ4v) is 5.73. The average Bonchev–Trinajstić information content (AvgIpc) is 3.36. The van der Waals surface area contributed by atoms with Crippen LogP contribution in [0.15, 0.2) is 18.2 Å². The Morgan fingerprint density at radius 2 is 1.71 bits per heavy atom. The van der Waals surface area contributed by atoms with E-state index in [9.17, 15) is 9.59 Å². The molecule has 2 atom stereocenters. The lowest BCUT2D eigenvalue weighted by atomic mass is 9.86. The van der Waals surface area contributed by atoms with Crippen molar-refractivity contribution in [3.8, 4) is 5.75 Å². The summed E-state index contributed by atoms with van der Waals surface area (Å²) in [6.07, 6.45) is 4.81. The minimum atomic E-state index is 0.0201. The van der Waals surface area contributed by atoms with Gasteiger partial charge in [-0.2, -0.15) is 0 Å². The van der Waals surface area contributed by atoms with Crippen molar-refractivity contribution >= 4 is 11.8 Å². The largest absolute Gasteiger partial charge is 0.493 e. The van der Waals surface area contributed by atoms with E-state index in [0.29, 0.717) is 43.9 Å². The fourth-order valence-electron chi connectivity index (χ4n) is 5.73. The number of hydrogen-bond acceptors (Lipinski definition) is 6. The standard InChI is InChI=1S/C30H49N3O5/c1-21(2)33(30(35)24-9-8-22(3)28(16-24)38-15-7-14-36-5)20-26-18-31-17-25(26)19-32(4)29(34)23-10-12-27(37-6)13-11-23/h8-9,16,21,23,25-27,31H,7,10-15,17-20H2,1-6H3/t23-,25-,26-,27+/m0/s1. The molecule has 214 valence electrons. The van der Waals surface area contributed by atoms with Crippen LogP contribution in [0.1, 0.15) is 61.9 Å². The van der Waals surface area contributed by atoms with Crippen LogP contribution in [0.3, 0.4) is 0 Å². The van der Waals surface area contributed by atoms with Gasteiger partial charge in [-0.25, -0.2) is 0 Å². The van der Waals surface area contributed by atoms with Gasteiger partial charge in [0.05, 0.1) is 12.7 Å². The van der Waals surface area contributed by atoms with Gasteiger partial charge in [-0.3, -0.25) is 9.59 Å². The minimum Gasteiger partial charge on any atom is -0.493 e. The highest BCUT2D eigenvalue weighted by Crippen LogP contribution is 2.29. The molecular weight excluding hydrogens is 482 g/mol. The molecule has 1 aliphatic carbocycles. The molecular formula is C30H49N3O5. The molecule has 2 aliphatic rings. The van der Waals surface area contributed by atoms with E-state index in [2.05, 4.69) is 19.2 Å². The van der Waals surface area contributed by atoms with Gasteiger partial charge in [0, 0.05) is 78.0 Å². The molecule has 1 saturated heterocycles. The highest BCUT2D eigenvalue weighted by atomic mass is 16.5. The number of aryl methyl sites for hydroxylation is 1. The maximum atomic E-state index is 13.7. The zero-order valence-electron chi connectivity index (χ0n) is 24.3.